The van der Waals surface area contributed by atoms with Crippen molar-refractivity contribution in [3.63, 3.8) is 0 Å². The van der Waals surface area contributed by atoms with Crippen LogP contribution < -0.4 is 5.14 Å². The number of alkyl halides is 7. The third-order valence-electron chi connectivity index (χ3n) is 4.32. The van der Waals surface area contributed by atoms with E-state index in [1.165, 1.54) is 36.4 Å². The number of rotatable bonds is 5. The largest absolute Gasteiger partial charge is 0.460 e. The summed E-state index contributed by atoms with van der Waals surface area (Å²) in [6.07, 6.45) is -6.58. The van der Waals surface area contributed by atoms with Crippen molar-refractivity contribution in [3.05, 3.63) is 65.3 Å². The molecular weight excluding hydrogens is 491 g/mol. The Morgan fingerprint density at radius 3 is 2.00 bits per heavy atom. The van der Waals surface area contributed by atoms with Crippen LogP contribution in [-0.4, -0.2) is 30.3 Å². The molecule has 14 heteroatoms. The molecule has 2 aromatic carbocycles. The molecule has 0 spiro atoms. The summed E-state index contributed by atoms with van der Waals surface area (Å²) in [6, 6.07) is 9.95. The van der Waals surface area contributed by atoms with Crippen LogP contribution in [-0.2, 0) is 15.9 Å². The average molecular weight is 502 g/mol. The molecule has 0 aliphatic carbocycles. The van der Waals surface area contributed by atoms with Gasteiger partial charge in [-0.05, 0) is 30.3 Å². The summed E-state index contributed by atoms with van der Waals surface area (Å²) in [5, 5.41) is 8.57. The highest BCUT2D eigenvalue weighted by Crippen LogP contribution is 2.52. The van der Waals surface area contributed by atoms with Crippen molar-refractivity contribution >= 4 is 21.6 Å². The number of hydrogen-bond acceptors (Lipinski definition) is 3. The summed E-state index contributed by atoms with van der Waals surface area (Å²) in [7, 11) is -4.46. The van der Waals surface area contributed by atoms with E-state index in [1.54, 1.807) is 0 Å². The van der Waals surface area contributed by atoms with Gasteiger partial charge in [-0.3, -0.25) is 0 Å². The smallest absolute Gasteiger partial charge is 0.231 e. The van der Waals surface area contributed by atoms with Crippen LogP contribution in [0.25, 0.3) is 16.9 Å². The van der Waals surface area contributed by atoms with Gasteiger partial charge in [-0.1, -0.05) is 35.9 Å². The number of aromatic nitrogens is 2. The summed E-state index contributed by atoms with van der Waals surface area (Å²) in [5.41, 5.74) is -2.78. The molecule has 0 unspecified atom stereocenters. The van der Waals surface area contributed by atoms with Crippen LogP contribution in [0.15, 0.2) is 59.5 Å². The Bertz CT molecular complexity index is 1260. The van der Waals surface area contributed by atoms with Crippen LogP contribution >= 0.6 is 11.6 Å². The molecule has 3 aromatic rings. The van der Waals surface area contributed by atoms with Crippen molar-refractivity contribution in [2.45, 2.75) is 22.9 Å². The molecule has 0 fully saturated rings. The lowest BCUT2D eigenvalue weighted by molar-refractivity contribution is -0.360. The van der Waals surface area contributed by atoms with E-state index in [-0.39, 0.29) is 10.6 Å². The zero-order valence-electron chi connectivity index (χ0n) is 15.4. The van der Waals surface area contributed by atoms with Gasteiger partial charge in [-0.2, -0.15) is 35.8 Å². The first-order chi connectivity index (χ1) is 14.6. The second-order valence-electron chi connectivity index (χ2n) is 6.49. The third kappa shape index (κ3) is 4.07. The summed E-state index contributed by atoms with van der Waals surface area (Å²) < 4.78 is 118. The van der Waals surface area contributed by atoms with Crippen molar-refractivity contribution in [2.24, 2.45) is 5.14 Å². The van der Waals surface area contributed by atoms with Gasteiger partial charge in [0.15, 0.2) is 0 Å². The predicted octanol–water partition coefficient (Wildman–Crippen LogP) is 5.13. The maximum atomic E-state index is 14.3. The zero-order chi connectivity index (χ0) is 24.1. The maximum absolute atomic E-state index is 14.3. The SMILES string of the molecule is NS(=O)(=O)c1ccccc1-n1nc(C(F)(F)C(F)(F)C(F)(F)F)cc1-c1ccc(Cl)cc1. The molecule has 0 amide bonds. The summed E-state index contributed by atoms with van der Waals surface area (Å²) in [4.78, 5) is -0.629. The number of hydrogen-bond donors (Lipinski definition) is 1. The second-order valence-corrected chi connectivity index (χ2v) is 8.46. The van der Waals surface area contributed by atoms with Crippen LogP contribution in [0.5, 0.6) is 0 Å². The van der Waals surface area contributed by atoms with E-state index in [4.69, 9.17) is 16.7 Å². The molecule has 32 heavy (non-hydrogen) atoms. The van der Waals surface area contributed by atoms with E-state index in [1.807, 2.05) is 0 Å². The van der Waals surface area contributed by atoms with Gasteiger partial charge >= 0.3 is 18.0 Å². The Labute approximate surface area is 181 Å². The van der Waals surface area contributed by atoms with Gasteiger partial charge in [0.25, 0.3) is 0 Å². The number of nitrogens with two attached hydrogens (primary N) is 1. The van der Waals surface area contributed by atoms with E-state index >= 15 is 0 Å². The van der Waals surface area contributed by atoms with Gasteiger partial charge in [0, 0.05) is 10.6 Å². The fraction of sp³-hybridized carbons (Fsp3) is 0.167. The molecule has 0 atom stereocenters. The Balaban J connectivity index is 2.34. The van der Waals surface area contributed by atoms with Crippen molar-refractivity contribution in [1.82, 2.24) is 9.78 Å². The Hall–Kier alpha value is -2.64. The Morgan fingerprint density at radius 2 is 1.47 bits per heavy atom. The zero-order valence-corrected chi connectivity index (χ0v) is 17.0. The molecule has 0 aliphatic heterocycles. The number of para-hydroxylation sites is 1. The van der Waals surface area contributed by atoms with E-state index in [2.05, 4.69) is 5.10 Å². The highest BCUT2D eigenvalue weighted by atomic mass is 35.5. The van der Waals surface area contributed by atoms with Gasteiger partial charge < -0.3 is 0 Å². The molecule has 3 rings (SSSR count). The minimum absolute atomic E-state index is 0.0171. The van der Waals surface area contributed by atoms with Crippen molar-refractivity contribution in [1.29, 1.82) is 0 Å². The molecule has 1 heterocycles. The lowest BCUT2D eigenvalue weighted by Crippen LogP contribution is -2.50. The fourth-order valence-electron chi connectivity index (χ4n) is 2.76. The first-order valence-electron chi connectivity index (χ1n) is 8.38. The third-order valence-corrected chi connectivity index (χ3v) is 5.53. The quantitative estimate of drug-likeness (QED) is 0.492. The monoisotopic (exact) mass is 501 g/mol. The molecule has 0 radical (unpaired) electrons. The van der Waals surface area contributed by atoms with Gasteiger partial charge in [0.05, 0.1) is 11.4 Å². The molecule has 0 saturated carbocycles. The first kappa shape index (κ1) is 24.0. The standard InChI is InChI=1S/C18H11ClF7N3O2S/c19-11-7-5-10(6-8-11)13-9-15(16(20,21)17(22,23)18(24,25)26)28-29(13)12-3-1-2-4-14(12)32(27,30)31/h1-9H,(H2,27,30,31). The number of sulfonamides is 1. The molecule has 172 valence electrons. The summed E-state index contributed by atoms with van der Waals surface area (Å²) in [6.45, 7) is 0. The van der Waals surface area contributed by atoms with Crippen molar-refractivity contribution in [3.8, 4) is 16.9 Å². The normalized spacial score (nSPS) is 13.4. The van der Waals surface area contributed by atoms with Gasteiger partial charge in [-0.15, -0.1) is 0 Å². The molecular formula is C18H11ClF7N3O2S. The molecule has 0 saturated heterocycles. The lowest BCUT2D eigenvalue weighted by Gasteiger charge is -2.26. The van der Waals surface area contributed by atoms with Crippen LogP contribution in [0.1, 0.15) is 5.69 Å². The maximum Gasteiger partial charge on any atom is 0.460 e. The summed E-state index contributed by atoms with van der Waals surface area (Å²) >= 11 is 5.77. The number of primary sulfonamides is 1. The van der Waals surface area contributed by atoms with Crippen LogP contribution in [0, 0.1) is 0 Å². The Morgan fingerprint density at radius 1 is 0.906 bits per heavy atom. The molecule has 0 bridgehead atoms. The van der Waals surface area contributed by atoms with E-state index in [9.17, 15) is 39.2 Å². The van der Waals surface area contributed by atoms with Gasteiger partial charge in [0.1, 0.15) is 10.6 Å². The predicted molar refractivity (Wildman–Crippen MR) is 100 cm³/mol. The van der Waals surface area contributed by atoms with Gasteiger partial charge in [-0.25, -0.2) is 18.2 Å². The highest BCUT2D eigenvalue weighted by Gasteiger charge is 2.74. The highest BCUT2D eigenvalue weighted by molar-refractivity contribution is 7.89. The van der Waals surface area contributed by atoms with E-state index in [0.29, 0.717) is 10.7 Å². The summed E-state index contributed by atoms with van der Waals surface area (Å²) in [5.74, 6) is -12.2. The van der Waals surface area contributed by atoms with Crippen molar-refractivity contribution in [2.75, 3.05) is 0 Å². The van der Waals surface area contributed by atoms with Crippen molar-refractivity contribution < 1.29 is 39.2 Å². The molecule has 5 nitrogen and oxygen atoms in total. The lowest BCUT2D eigenvalue weighted by atomic mass is 10.1. The molecule has 1 aromatic heterocycles. The first-order valence-corrected chi connectivity index (χ1v) is 10.3. The second kappa shape index (κ2) is 7.74. The molecule has 2 N–H and O–H groups in total. The number of nitrogens with zero attached hydrogens (tertiary/aromatic N) is 2. The Kier molecular flexibility index (Phi) is 5.81. The average Bonchev–Trinajstić information content (AvgIpc) is 3.13. The number of halogens is 8. The number of benzene rings is 2. The van der Waals surface area contributed by atoms with Crippen LogP contribution in [0.2, 0.25) is 5.02 Å². The topological polar surface area (TPSA) is 78.0 Å². The minimum Gasteiger partial charge on any atom is -0.231 e. The van der Waals surface area contributed by atoms with Crippen LogP contribution in [0.3, 0.4) is 0 Å². The fourth-order valence-corrected chi connectivity index (χ4v) is 3.60. The van der Waals surface area contributed by atoms with E-state index in [0.717, 1.165) is 12.1 Å². The minimum atomic E-state index is -6.58. The van der Waals surface area contributed by atoms with E-state index < -0.39 is 50.0 Å². The molecule has 0 aliphatic rings. The van der Waals surface area contributed by atoms with Gasteiger partial charge in [0.2, 0.25) is 10.0 Å². The van der Waals surface area contributed by atoms with Crippen LogP contribution in [0.4, 0.5) is 30.7 Å².